The summed E-state index contributed by atoms with van der Waals surface area (Å²) in [7, 11) is 0. The molecule has 0 aliphatic rings. The predicted molar refractivity (Wildman–Crippen MR) is 83.6 cm³/mol. The molecule has 0 aliphatic carbocycles. The fraction of sp³-hybridized carbons (Fsp3) is 0.286. The Morgan fingerprint density at radius 2 is 2.22 bits per heavy atom. The molecule has 1 aromatic carbocycles. The summed E-state index contributed by atoms with van der Waals surface area (Å²) in [5, 5.41) is 7.75. The molecular formula is C14H15FINS. The van der Waals surface area contributed by atoms with Gasteiger partial charge in [-0.05, 0) is 75.6 Å². The smallest absolute Gasteiger partial charge is 0.124 e. The van der Waals surface area contributed by atoms with Crippen LogP contribution in [0.2, 0.25) is 0 Å². The normalized spacial score (nSPS) is 12.6. The number of halogens is 2. The Morgan fingerprint density at radius 1 is 1.39 bits per heavy atom. The lowest BCUT2D eigenvalue weighted by atomic mass is 10.0. The maximum atomic E-state index is 13.2. The van der Waals surface area contributed by atoms with E-state index in [2.05, 4.69) is 51.7 Å². The van der Waals surface area contributed by atoms with Gasteiger partial charge < -0.3 is 5.32 Å². The molecule has 18 heavy (non-hydrogen) atoms. The van der Waals surface area contributed by atoms with Gasteiger partial charge in [-0.1, -0.05) is 13.0 Å². The molecule has 2 aromatic rings. The first-order valence-electron chi connectivity index (χ1n) is 5.92. The highest BCUT2D eigenvalue weighted by Gasteiger charge is 2.16. The number of hydrogen-bond donors (Lipinski definition) is 1. The van der Waals surface area contributed by atoms with E-state index in [1.54, 1.807) is 17.4 Å². The van der Waals surface area contributed by atoms with Gasteiger partial charge >= 0.3 is 0 Å². The van der Waals surface area contributed by atoms with Gasteiger partial charge in [0.1, 0.15) is 5.82 Å². The van der Waals surface area contributed by atoms with Crippen molar-refractivity contribution in [2.75, 3.05) is 6.54 Å². The van der Waals surface area contributed by atoms with Gasteiger partial charge in [0.2, 0.25) is 0 Å². The fourth-order valence-electron chi connectivity index (χ4n) is 1.87. The summed E-state index contributed by atoms with van der Waals surface area (Å²) in [6, 6.07) is 7.27. The van der Waals surface area contributed by atoms with E-state index in [0.717, 1.165) is 22.1 Å². The van der Waals surface area contributed by atoms with Crippen molar-refractivity contribution in [3.05, 3.63) is 55.5 Å². The lowest BCUT2D eigenvalue weighted by Gasteiger charge is -2.19. The second kappa shape index (κ2) is 6.63. The van der Waals surface area contributed by atoms with Gasteiger partial charge in [0.15, 0.2) is 0 Å². The van der Waals surface area contributed by atoms with Crippen molar-refractivity contribution in [3.8, 4) is 0 Å². The molecule has 1 atom stereocenters. The van der Waals surface area contributed by atoms with E-state index >= 15 is 0 Å². The molecule has 0 fully saturated rings. The minimum atomic E-state index is -0.178. The molecule has 4 heteroatoms. The topological polar surface area (TPSA) is 12.0 Å². The zero-order valence-electron chi connectivity index (χ0n) is 10.1. The van der Waals surface area contributed by atoms with Crippen LogP contribution in [0.15, 0.2) is 35.0 Å². The molecular weight excluding hydrogens is 360 g/mol. The maximum absolute atomic E-state index is 13.2. The van der Waals surface area contributed by atoms with E-state index in [9.17, 15) is 4.39 Å². The third kappa shape index (κ3) is 3.30. The van der Waals surface area contributed by atoms with Crippen LogP contribution in [-0.4, -0.2) is 6.54 Å². The first-order valence-corrected chi connectivity index (χ1v) is 7.95. The van der Waals surface area contributed by atoms with Crippen LogP contribution in [0.3, 0.4) is 0 Å². The second-order valence-electron chi connectivity index (χ2n) is 4.11. The second-order valence-corrected chi connectivity index (χ2v) is 6.05. The van der Waals surface area contributed by atoms with E-state index in [-0.39, 0.29) is 11.9 Å². The van der Waals surface area contributed by atoms with E-state index in [1.807, 2.05) is 6.07 Å². The Labute approximate surface area is 125 Å². The Morgan fingerprint density at radius 3 is 2.83 bits per heavy atom. The third-order valence-corrected chi connectivity index (χ3v) is 4.38. The quantitative estimate of drug-likeness (QED) is 0.755. The number of nitrogens with one attached hydrogen (secondary N) is 1. The van der Waals surface area contributed by atoms with Crippen LogP contribution in [0, 0.1) is 9.39 Å². The molecule has 1 heterocycles. The number of hydrogen-bond acceptors (Lipinski definition) is 2. The van der Waals surface area contributed by atoms with E-state index in [4.69, 9.17) is 0 Å². The average molecular weight is 375 g/mol. The zero-order chi connectivity index (χ0) is 13.0. The molecule has 1 aromatic heterocycles. The predicted octanol–water partition coefficient (Wildman–Crippen LogP) is 4.58. The van der Waals surface area contributed by atoms with Crippen molar-refractivity contribution in [2.24, 2.45) is 0 Å². The first kappa shape index (κ1) is 14.0. The zero-order valence-corrected chi connectivity index (χ0v) is 13.1. The molecule has 0 spiro atoms. The lowest BCUT2D eigenvalue weighted by molar-refractivity contribution is 0.591. The van der Waals surface area contributed by atoms with Crippen LogP contribution < -0.4 is 5.32 Å². The minimum absolute atomic E-state index is 0.156. The van der Waals surface area contributed by atoms with Crippen molar-refractivity contribution in [3.63, 3.8) is 0 Å². The first-order chi connectivity index (χ1) is 8.72. The number of thiophene rings is 1. The lowest BCUT2D eigenvalue weighted by Crippen LogP contribution is -2.23. The molecule has 1 unspecified atom stereocenters. The standard InChI is InChI=1S/C14H15FINS/c1-2-6-17-14(10-5-7-18-9-10)12-4-3-11(15)8-13(12)16/h3-5,7-9,14,17H,2,6H2,1H3. The number of benzene rings is 1. The van der Waals surface area contributed by atoms with Crippen LogP contribution in [0.25, 0.3) is 0 Å². The summed E-state index contributed by atoms with van der Waals surface area (Å²) < 4.78 is 14.1. The monoisotopic (exact) mass is 375 g/mol. The van der Waals surface area contributed by atoms with Crippen LogP contribution in [0.5, 0.6) is 0 Å². The largest absolute Gasteiger partial charge is 0.306 e. The molecule has 0 saturated carbocycles. The van der Waals surface area contributed by atoms with E-state index in [0.29, 0.717) is 0 Å². The summed E-state index contributed by atoms with van der Waals surface area (Å²) in [4.78, 5) is 0. The number of rotatable bonds is 5. The molecule has 0 saturated heterocycles. The summed E-state index contributed by atoms with van der Waals surface area (Å²) in [6.07, 6.45) is 1.08. The van der Waals surface area contributed by atoms with E-state index < -0.39 is 0 Å². The van der Waals surface area contributed by atoms with Crippen LogP contribution in [-0.2, 0) is 0 Å². The molecule has 0 bridgehead atoms. The summed E-state index contributed by atoms with van der Waals surface area (Å²) in [5.74, 6) is -0.178. The molecule has 0 aliphatic heterocycles. The van der Waals surface area contributed by atoms with Gasteiger partial charge in [-0.25, -0.2) is 4.39 Å². The van der Waals surface area contributed by atoms with E-state index in [1.165, 1.54) is 11.6 Å². The Bertz CT molecular complexity index is 499. The van der Waals surface area contributed by atoms with Gasteiger partial charge in [-0.3, -0.25) is 0 Å². The van der Waals surface area contributed by atoms with Crippen molar-refractivity contribution in [1.82, 2.24) is 5.32 Å². The third-order valence-electron chi connectivity index (χ3n) is 2.75. The highest BCUT2D eigenvalue weighted by Crippen LogP contribution is 2.28. The minimum Gasteiger partial charge on any atom is -0.306 e. The van der Waals surface area contributed by atoms with Crippen molar-refractivity contribution in [2.45, 2.75) is 19.4 Å². The summed E-state index contributed by atoms with van der Waals surface area (Å²) in [5.41, 5.74) is 2.39. The summed E-state index contributed by atoms with van der Waals surface area (Å²) in [6.45, 7) is 3.10. The van der Waals surface area contributed by atoms with Crippen molar-refractivity contribution < 1.29 is 4.39 Å². The van der Waals surface area contributed by atoms with Gasteiger partial charge in [0.05, 0.1) is 6.04 Å². The Hall–Kier alpha value is -0.460. The van der Waals surface area contributed by atoms with Crippen LogP contribution in [0.4, 0.5) is 4.39 Å². The SMILES string of the molecule is CCCNC(c1ccsc1)c1ccc(F)cc1I. The van der Waals surface area contributed by atoms with Gasteiger partial charge in [-0.2, -0.15) is 11.3 Å². The maximum Gasteiger partial charge on any atom is 0.124 e. The molecule has 1 N–H and O–H groups in total. The van der Waals surface area contributed by atoms with Crippen molar-refractivity contribution in [1.29, 1.82) is 0 Å². The Balaban J connectivity index is 2.33. The van der Waals surface area contributed by atoms with Gasteiger partial charge in [0, 0.05) is 3.57 Å². The molecule has 1 nitrogen and oxygen atoms in total. The molecule has 0 amide bonds. The van der Waals surface area contributed by atoms with Crippen LogP contribution in [0.1, 0.15) is 30.5 Å². The highest BCUT2D eigenvalue weighted by molar-refractivity contribution is 14.1. The van der Waals surface area contributed by atoms with Gasteiger partial charge in [-0.15, -0.1) is 0 Å². The van der Waals surface area contributed by atoms with Crippen molar-refractivity contribution >= 4 is 33.9 Å². The fourth-order valence-corrected chi connectivity index (χ4v) is 3.35. The van der Waals surface area contributed by atoms with Crippen LogP contribution >= 0.6 is 33.9 Å². The molecule has 2 rings (SSSR count). The Kier molecular flexibility index (Phi) is 5.14. The average Bonchev–Trinajstić information content (AvgIpc) is 2.85. The molecule has 0 radical (unpaired) electrons. The van der Waals surface area contributed by atoms with Gasteiger partial charge in [0.25, 0.3) is 0 Å². The summed E-state index contributed by atoms with van der Waals surface area (Å²) >= 11 is 3.89. The molecule has 96 valence electrons. The highest BCUT2D eigenvalue weighted by atomic mass is 127.